The number of aromatic nitrogens is 2. The van der Waals surface area contributed by atoms with Gasteiger partial charge < -0.3 is 15.6 Å². The lowest BCUT2D eigenvalue weighted by atomic mass is 9.94. The molecule has 1 aliphatic rings. The van der Waals surface area contributed by atoms with Crippen LogP contribution in [0.5, 0.6) is 0 Å². The number of hydrogen-bond donors (Lipinski definition) is 2. The van der Waals surface area contributed by atoms with E-state index in [2.05, 4.69) is 30.7 Å². The summed E-state index contributed by atoms with van der Waals surface area (Å²) in [6.45, 7) is 7.12. The van der Waals surface area contributed by atoms with Crippen LogP contribution in [-0.4, -0.2) is 22.0 Å². The molecule has 1 amide bonds. The van der Waals surface area contributed by atoms with E-state index in [-0.39, 0.29) is 17.4 Å². The quantitative estimate of drug-likeness (QED) is 0.790. The molecule has 1 aliphatic heterocycles. The highest BCUT2D eigenvalue weighted by Crippen LogP contribution is 2.32. The smallest absolute Gasteiger partial charge is 0.243 e. The molecule has 3 N–H and O–H groups in total. The minimum Gasteiger partial charge on any atom is -0.399 e. The summed E-state index contributed by atoms with van der Waals surface area (Å²) in [5.41, 5.74) is 8.27. The number of carbonyl (C=O) groups is 1. The van der Waals surface area contributed by atoms with Crippen molar-refractivity contribution in [2.75, 3.05) is 12.3 Å². The molecule has 0 radical (unpaired) electrons. The Morgan fingerprint density at radius 3 is 2.81 bits per heavy atom. The second kappa shape index (κ2) is 4.76. The van der Waals surface area contributed by atoms with Crippen LogP contribution in [0.1, 0.15) is 45.5 Å². The number of carbonyl (C=O) groups excluding carboxylic acids is 1. The van der Waals surface area contributed by atoms with Gasteiger partial charge in [-0.2, -0.15) is 0 Å². The SMILES string of the molecule is CC(C)(C)c1nc2cc(N)ccc2n1C1CCCNC1=O. The van der Waals surface area contributed by atoms with Gasteiger partial charge in [-0.15, -0.1) is 0 Å². The molecule has 1 saturated heterocycles. The van der Waals surface area contributed by atoms with Crippen LogP contribution in [0.4, 0.5) is 5.69 Å². The molecule has 0 aliphatic carbocycles. The second-order valence-corrected chi connectivity index (χ2v) is 6.75. The summed E-state index contributed by atoms with van der Waals surface area (Å²) in [5.74, 6) is 1.02. The number of nitrogens with two attached hydrogens (primary N) is 1. The highest BCUT2D eigenvalue weighted by Gasteiger charge is 2.31. The Hall–Kier alpha value is -2.04. The van der Waals surface area contributed by atoms with E-state index in [1.54, 1.807) is 0 Å². The summed E-state index contributed by atoms with van der Waals surface area (Å²) >= 11 is 0. The van der Waals surface area contributed by atoms with Crippen LogP contribution in [0.25, 0.3) is 11.0 Å². The number of nitrogens with zero attached hydrogens (tertiary/aromatic N) is 2. The number of nitrogen functional groups attached to an aromatic ring is 1. The first-order chi connectivity index (χ1) is 9.88. The highest BCUT2D eigenvalue weighted by atomic mass is 16.2. The van der Waals surface area contributed by atoms with E-state index in [1.165, 1.54) is 0 Å². The zero-order chi connectivity index (χ0) is 15.2. The van der Waals surface area contributed by atoms with E-state index in [0.29, 0.717) is 5.69 Å². The zero-order valence-electron chi connectivity index (χ0n) is 12.8. The molecule has 5 heteroatoms. The molecule has 0 saturated carbocycles. The third-order valence-electron chi connectivity index (χ3n) is 3.95. The molecule has 0 spiro atoms. The lowest BCUT2D eigenvalue weighted by molar-refractivity contribution is -0.125. The predicted molar refractivity (Wildman–Crippen MR) is 84.1 cm³/mol. The van der Waals surface area contributed by atoms with Crippen molar-refractivity contribution in [1.29, 1.82) is 0 Å². The fourth-order valence-corrected chi connectivity index (χ4v) is 2.96. The molecule has 1 unspecified atom stereocenters. The number of nitrogens with one attached hydrogen (secondary N) is 1. The number of fused-ring (bicyclic) bond motifs is 1. The van der Waals surface area contributed by atoms with Gasteiger partial charge in [0.25, 0.3) is 0 Å². The van der Waals surface area contributed by atoms with Crippen molar-refractivity contribution in [3.63, 3.8) is 0 Å². The van der Waals surface area contributed by atoms with Gasteiger partial charge in [-0.05, 0) is 31.0 Å². The first-order valence-electron chi connectivity index (χ1n) is 7.43. The van der Waals surface area contributed by atoms with E-state index in [1.807, 2.05) is 18.2 Å². The van der Waals surface area contributed by atoms with E-state index in [9.17, 15) is 4.79 Å². The molecule has 112 valence electrons. The van der Waals surface area contributed by atoms with E-state index < -0.39 is 0 Å². The number of anilines is 1. The van der Waals surface area contributed by atoms with Gasteiger partial charge in [0.1, 0.15) is 11.9 Å². The standard InChI is InChI=1S/C16H22N4O/c1-16(2,3)15-19-11-9-10(17)6-7-12(11)20(15)13-5-4-8-18-14(13)21/h6-7,9,13H,4-5,8,17H2,1-3H3,(H,18,21). The monoisotopic (exact) mass is 286 g/mol. The fourth-order valence-electron chi connectivity index (χ4n) is 2.96. The molecule has 1 aromatic heterocycles. The summed E-state index contributed by atoms with van der Waals surface area (Å²) in [4.78, 5) is 17.1. The molecule has 5 nitrogen and oxygen atoms in total. The van der Waals surface area contributed by atoms with Crippen LogP contribution < -0.4 is 11.1 Å². The maximum Gasteiger partial charge on any atom is 0.243 e. The van der Waals surface area contributed by atoms with Crippen LogP contribution in [0.3, 0.4) is 0 Å². The van der Waals surface area contributed by atoms with Crippen LogP contribution in [-0.2, 0) is 10.2 Å². The third kappa shape index (κ3) is 2.37. The van der Waals surface area contributed by atoms with Crippen molar-refractivity contribution >= 4 is 22.6 Å². The van der Waals surface area contributed by atoms with Gasteiger partial charge in [0, 0.05) is 17.6 Å². The molecule has 2 aromatic rings. The van der Waals surface area contributed by atoms with Crippen molar-refractivity contribution in [3.05, 3.63) is 24.0 Å². The lowest BCUT2D eigenvalue weighted by Gasteiger charge is -2.28. The van der Waals surface area contributed by atoms with Crippen LogP contribution in [0.2, 0.25) is 0 Å². The number of amides is 1. The van der Waals surface area contributed by atoms with E-state index >= 15 is 0 Å². The fraction of sp³-hybridized carbons (Fsp3) is 0.500. The van der Waals surface area contributed by atoms with Crippen LogP contribution in [0.15, 0.2) is 18.2 Å². The number of imidazole rings is 1. The zero-order valence-corrected chi connectivity index (χ0v) is 12.8. The normalized spacial score (nSPS) is 19.8. The largest absolute Gasteiger partial charge is 0.399 e. The average molecular weight is 286 g/mol. The molecular formula is C16H22N4O. The Morgan fingerprint density at radius 2 is 2.14 bits per heavy atom. The van der Waals surface area contributed by atoms with Crippen LogP contribution in [0, 0.1) is 0 Å². The van der Waals surface area contributed by atoms with Crippen molar-refractivity contribution in [1.82, 2.24) is 14.9 Å². The Kier molecular flexibility index (Phi) is 3.15. The summed E-state index contributed by atoms with van der Waals surface area (Å²) in [6.07, 6.45) is 1.85. The maximum absolute atomic E-state index is 12.3. The van der Waals surface area contributed by atoms with Gasteiger partial charge in [0.2, 0.25) is 5.91 Å². The lowest BCUT2D eigenvalue weighted by Crippen LogP contribution is -2.39. The molecule has 1 atom stereocenters. The molecule has 2 heterocycles. The minimum atomic E-state index is -0.179. The minimum absolute atomic E-state index is 0.0860. The summed E-state index contributed by atoms with van der Waals surface area (Å²) < 4.78 is 2.10. The third-order valence-corrected chi connectivity index (χ3v) is 3.95. The molecule has 1 aromatic carbocycles. The van der Waals surface area contributed by atoms with Gasteiger partial charge in [0.15, 0.2) is 0 Å². The summed E-state index contributed by atoms with van der Waals surface area (Å²) in [5, 5.41) is 2.96. The number of rotatable bonds is 1. The predicted octanol–water partition coefficient (Wildman–Crippen LogP) is 2.37. The van der Waals surface area contributed by atoms with Gasteiger partial charge in [0.05, 0.1) is 11.0 Å². The van der Waals surface area contributed by atoms with Gasteiger partial charge in [-0.3, -0.25) is 4.79 Å². The Balaban J connectivity index is 2.25. The van der Waals surface area contributed by atoms with Crippen molar-refractivity contribution in [3.8, 4) is 0 Å². The molecule has 1 fully saturated rings. The van der Waals surface area contributed by atoms with Crippen molar-refractivity contribution in [2.45, 2.75) is 45.1 Å². The van der Waals surface area contributed by atoms with E-state index in [4.69, 9.17) is 10.7 Å². The first kappa shape index (κ1) is 13.9. The Labute approximate surface area is 124 Å². The number of piperidine rings is 1. The Bertz CT molecular complexity index is 696. The first-order valence-corrected chi connectivity index (χ1v) is 7.43. The second-order valence-electron chi connectivity index (χ2n) is 6.75. The van der Waals surface area contributed by atoms with Gasteiger partial charge >= 0.3 is 0 Å². The average Bonchev–Trinajstić information content (AvgIpc) is 2.77. The van der Waals surface area contributed by atoms with Crippen molar-refractivity contribution < 1.29 is 4.79 Å². The number of benzene rings is 1. The van der Waals surface area contributed by atoms with Crippen LogP contribution >= 0.6 is 0 Å². The topological polar surface area (TPSA) is 72.9 Å². The summed E-state index contributed by atoms with van der Waals surface area (Å²) in [7, 11) is 0. The maximum atomic E-state index is 12.3. The van der Waals surface area contributed by atoms with Gasteiger partial charge in [-0.1, -0.05) is 20.8 Å². The molecule has 0 bridgehead atoms. The number of hydrogen-bond acceptors (Lipinski definition) is 3. The molecule has 3 rings (SSSR count). The summed E-state index contributed by atoms with van der Waals surface area (Å²) in [6, 6.07) is 5.53. The van der Waals surface area contributed by atoms with E-state index in [0.717, 1.165) is 36.2 Å². The molecular weight excluding hydrogens is 264 g/mol. The molecule has 21 heavy (non-hydrogen) atoms. The Morgan fingerprint density at radius 1 is 1.38 bits per heavy atom. The highest BCUT2D eigenvalue weighted by molar-refractivity contribution is 5.86. The van der Waals surface area contributed by atoms with Gasteiger partial charge in [-0.25, -0.2) is 4.98 Å². The van der Waals surface area contributed by atoms with Crippen molar-refractivity contribution in [2.24, 2.45) is 0 Å².